The van der Waals surface area contributed by atoms with E-state index in [1.807, 2.05) is 24.3 Å². The largest absolute Gasteiger partial charge is 0.243 e. The standard InChI is InChI=1S/C40H38N6S3/c1-5-7-9-11-15-25-19-30(47-23(25)3)33-37-38(44-36-32(27(21-41)22-42)28-17-13-14-18-29(28)35(36)43-37)34(40-39(33)45-49-46-40)31-20-26(24(4)48-31)16-12-10-8-6-2/h13-14,17-20H,5-12,15-16H2,1-4H3. The Morgan fingerprint density at radius 2 is 1.16 bits per heavy atom. The van der Waals surface area contributed by atoms with Crippen LogP contribution in [0, 0.1) is 36.5 Å². The maximum atomic E-state index is 10.1. The zero-order valence-corrected chi connectivity index (χ0v) is 30.9. The Labute approximate surface area is 300 Å². The van der Waals surface area contributed by atoms with E-state index in [-0.39, 0.29) is 5.57 Å². The maximum Gasteiger partial charge on any atom is 0.139 e. The van der Waals surface area contributed by atoms with Crippen molar-refractivity contribution in [3.63, 3.8) is 0 Å². The SMILES string of the molecule is CCCCCCc1cc(-c2c3nsnc3c(-c3cc(CCCCCC)c(C)s3)c3nc4c(nc23)C(=C(C#N)C#N)c2ccccc2-4)sc1C. The van der Waals surface area contributed by atoms with E-state index in [4.69, 9.17) is 18.7 Å². The van der Waals surface area contributed by atoms with Crippen LogP contribution in [0.3, 0.4) is 0 Å². The average molecular weight is 699 g/mol. The van der Waals surface area contributed by atoms with E-state index < -0.39 is 0 Å². The lowest BCUT2D eigenvalue weighted by molar-refractivity contribution is 0.666. The van der Waals surface area contributed by atoms with Crippen molar-refractivity contribution in [1.82, 2.24) is 18.7 Å². The minimum atomic E-state index is 0.0426. The topological polar surface area (TPSA) is 99.1 Å². The number of aryl methyl sites for hydroxylation is 4. The summed E-state index contributed by atoms with van der Waals surface area (Å²) >= 11 is 4.80. The average Bonchev–Trinajstić information content (AvgIpc) is 3.89. The van der Waals surface area contributed by atoms with Gasteiger partial charge in [-0.1, -0.05) is 76.6 Å². The summed E-state index contributed by atoms with van der Waals surface area (Å²) in [4.78, 5) is 15.7. The van der Waals surface area contributed by atoms with Gasteiger partial charge in [-0.05, 0) is 68.4 Å². The molecular formula is C40H38N6S3. The molecule has 0 saturated carbocycles. The minimum absolute atomic E-state index is 0.0426. The first-order chi connectivity index (χ1) is 24.0. The van der Waals surface area contributed by atoms with Crippen LogP contribution in [0.5, 0.6) is 0 Å². The molecule has 2 aromatic carbocycles. The van der Waals surface area contributed by atoms with Gasteiger partial charge in [-0.2, -0.15) is 19.3 Å². The van der Waals surface area contributed by atoms with Crippen LogP contribution in [0.25, 0.3) is 59.8 Å². The third-order valence-corrected chi connectivity index (χ3v) is 12.4. The number of unbranched alkanes of at least 4 members (excludes halogenated alkanes) is 6. The molecule has 0 amide bonds. The first-order valence-electron chi connectivity index (χ1n) is 17.3. The Kier molecular flexibility index (Phi) is 9.69. The lowest BCUT2D eigenvalue weighted by atomic mass is 9.99. The van der Waals surface area contributed by atoms with Gasteiger partial charge < -0.3 is 0 Å². The van der Waals surface area contributed by atoms with Crippen molar-refractivity contribution in [3.05, 3.63) is 74.1 Å². The van der Waals surface area contributed by atoms with E-state index in [1.54, 1.807) is 22.7 Å². The molecule has 7 rings (SSSR count). The number of hydrogen-bond acceptors (Lipinski definition) is 9. The van der Waals surface area contributed by atoms with Crippen LogP contribution >= 0.6 is 34.4 Å². The number of fused-ring (bicyclic) bond motifs is 5. The molecule has 0 radical (unpaired) electrons. The van der Waals surface area contributed by atoms with Crippen molar-refractivity contribution in [1.29, 1.82) is 10.5 Å². The molecule has 0 aliphatic heterocycles. The second-order valence-corrected chi connectivity index (χ2v) is 15.9. The highest BCUT2D eigenvalue weighted by molar-refractivity contribution is 7.16. The number of rotatable bonds is 12. The molecule has 0 saturated heterocycles. The number of thiophene rings is 2. The van der Waals surface area contributed by atoms with E-state index in [2.05, 4.69) is 52.0 Å². The van der Waals surface area contributed by atoms with Gasteiger partial charge in [0.05, 0.1) is 17.4 Å². The van der Waals surface area contributed by atoms with Gasteiger partial charge in [0.25, 0.3) is 0 Å². The number of nitrogens with zero attached hydrogens (tertiary/aromatic N) is 6. The van der Waals surface area contributed by atoms with Crippen molar-refractivity contribution in [2.24, 2.45) is 0 Å². The smallest absolute Gasteiger partial charge is 0.139 e. The van der Waals surface area contributed by atoms with Crippen molar-refractivity contribution >= 4 is 62.0 Å². The number of hydrogen-bond donors (Lipinski definition) is 0. The minimum Gasteiger partial charge on any atom is -0.243 e. The van der Waals surface area contributed by atoms with E-state index in [0.29, 0.717) is 17.0 Å². The summed E-state index contributed by atoms with van der Waals surface area (Å²) < 4.78 is 9.88. The predicted molar refractivity (Wildman–Crippen MR) is 205 cm³/mol. The molecule has 0 N–H and O–H groups in total. The fraction of sp³-hybridized carbons (Fsp3) is 0.350. The number of aromatic nitrogens is 4. The van der Waals surface area contributed by atoms with Gasteiger partial charge in [0.2, 0.25) is 0 Å². The molecule has 4 aromatic heterocycles. The summed E-state index contributed by atoms with van der Waals surface area (Å²) in [5.41, 5.74) is 11.4. The zero-order valence-electron chi connectivity index (χ0n) is 28.4. The molecule has 1 aliphatic carbocycles. The van der Waals surface area contributed by atoms with Gasteiger partial charge in [0.1, 0.15) is 45.5 Å². The number of nitriles is 2. The Balaban J connectivity index is 1.51. The molecule has 1 aliphatic rings. The first-order valence-corrected chi connectivity index (χ1v) is 19.7. The molecule has 6 aromatic rings. The van der Waals surface area contributed by atoms with Gasteiger partial charge >= 0.3 is 0 Å². The molecule has 0 spiro atoms. The summed E-state index contributed by atoms with van der Waals surface area (Å²) in [6, 6.07) is 16.8. The van der Waals surface area contributed by atoms with Crippen LogP contribution < -0.4 is 0 Å². The second kappa shape index (κ2) is 14.3. The highest BCUT2D eigenvalue weighted by atomic mass is 32.1. The Hall–Kier alpha value is -4.28. The lowest BCUT2D eigenvalue weighted by Gasteiger charge is -2.12. The van der Waals surface area contributed by atoms with E-state index in [1.165, 1.54) is 84.0 Å². The molecule has 0 bridgehead atoms. The van der Waals surface area contributed by atoms with Crippen LogP contribution in [0.4, 0.5) is 0 Å². The first kappa shape index (κ1) is 33.2. The third kappa shape index (κ3) is 5.99. The highest BCUT2D eigenvalue weighted by Crippen LogP contribution is 2.50. The Morgan fingerprint density at radius 3 is 1.67 bits per heavy atom. The summed E-state index contributed by atoms with van der Waals surface area (Å²) in [5, 5.41) is 20.1. The zero-order chi connectivity index (χ0) is 34.1. The molecule has 246 valence electrons. The second-order valence-electron chi connectivity index (χ2n) is 12.9. The fourth-order valence-electron chi connectivity index (χ4n) is 7.05. The third-order valence-electron chi connectivity index (χ3n) is 9.63. The summed E-state index contributed by atoms with van der Waals surface area (Å²) in [6.07, 6.45) is 11.9. The van der Waals surface area contributed by atoms with Crippen LogP contribution in [0.2, 0.25) is 0 Å². The van der Waals surface area contributed by atoms with Crippen molar-refractivity contribution in [3.8, 4) is 44.3 Å². The summed E-state index contributed by atoms with van der Waals surface area (Å²) in [6.45, 7) is 8.92. The van der Waals surface area contributed by atoms with E-state index >= 15 is 0 Å². The molecule has 4 heterocycles. The molecule has 0 fully saturated rings. The Bertz CT molecular complexity index is 2310. The van der Waals surface area contributed by atoms with Crippen LogP contribution in [-0.4, -0.2) is 18.7 Å². The predicted octanol–water partition coefficient (Wildman–Crippen LogP) is 11.8. The van der Waals surface area contributed by atoms with Crippen LogP contribution in [0.1, 0.15) is 97.4 Å². The van der Waals surface area contributed by atoms with E-state index in [9.17, 15) is 10.5 Å². The van der Waals surface area contributed by atoms with Crippen molar-refractivity contribution in [2.45, 2.75) is 91.9 Å². The highest BCUT2D eigenvalue weighted by Gasteiger charge is 2.33. The monoisotopic (exact) mass is 698 g/mol. The lowest BCUT2D eigenvalue weighted by Crippen LogP contribution is -1.99. The molecule has 0 atom stereocenters. The molecule has 0 unspecified atom stereocenters. The van der Waals surface area contributed by atoms with Crippen LogP contribution in [0.15, 0.2) is 42.0 Å². The Morgan fingerprint density at radius 1 is 0.653 bits per heavy atom. The maximum absolute atomic E-state index is 10.1. The molecular weight excluding hydrogens is 661 g/mol. The van der Waals surface area contributed by atoms with E-state index in [0.717, 1.165) is 66.9 Å². The summed E-state index contributed by atoms with van der Waals surface area (Å²) in [5.74, 6) is 0. The molecule has 6 nitrogen and oxygen atoms in total. The van der Waals surface area contributed by atoms with Crippen molar-refractivity contribution in [2.75, 3.05) is 0 Å². The number of allylic oxidation sites excluding steroid dienone is 1. The normalized spacial score (nSPS) is 12.0. The van der Waals surface area contributed by atoms with Gasteiger partial charge in [-0.15, -0.1) is 22.7 Å². The fourth-order valence-corrected chi connectivity index (χ4v) is 9.84. The molecule has 9 heteroatoms. The number of benzene rings is 2. The quantitative estimate of drug-likeness (QED) is 0.0930. The van der Waals surface area contributed by atoms with Crippen molar-refractivity contribution < 1.29 is 0 Å². The summed E-state index contributed by atoms with van der Waals surface area (Å²) in [7, 11) is 0. The van der Waals surface area contributed by atoms with Gasteiger partial charge in [-0.25, -0.2) is 9.97 Å². The molecule has 49 heavy (non-hydrogen) atoms. The van der Waals surface area contributed by atoms with Crippen LogP contribution in [-0.2, 0) is 12.8 Å². The van der Waals surface area contributed by atoms with Gasteiger partial charge in [0.15, 0.2) is 0 Å². The van der Waals surface area contributed by atoms with Gasteiger partial charge in [0, 0.05) is 41.8 Å². The van der Waals surface area contributed by atoms with Gasteiger partial charge in [-0.3, -0.25) is 0 Å².